The number of hydrogen-bond donors (Lipinski definition) is 1. The average Bonchev–Trinajstić information content (AvgIpc) is 3.34. The van der Waals surface area contributed by atoms with Gasteiger partial charge in [0.2, 0.25) is 5.91 Å². The lowest BCUT2D eigenvalue weighted by molar-refractivity contribution is -0.118. The monoisotopic (exact) mass is 344 g/mol. The summed E-state index contributed by atoms with van der Waals surface area (Å²) in [6.07, 6.45) is 4.81. The van der Waals surface area contributed by atoms with Crippen molar-refractivity contribution in [3.63, 3.8) is 0 Å². The zero-order valence-electron chi connectivity index (χ0n) is 14.0. The van der Waals surface area contributed by atoms with Gasteiger partial charge in [0, 0.05) is 24.1 Å². The van der Waals surface area contributed by atoms with E-state index in [2.05, 4.69) is 46.0 Å². The summed E-state index contributed by atoms with van der Waals surface area (Å²) in [5.41, 5.74) is 6.67. The molecule has 1 saturated carbocycles. The molecule has 0 bridgehead atoms. The molecule has 1 aliphatic rings. The highest BCUT2D eigenvalue weighted by Gasteiger charge is 2.30. The lowest BCUT2D eigenvalue weighted by Crippen LogP contribution is -2.16. The predicted octanol–water partition coefficient (Wildman–Crippen LogP) is 3.14. The molecule has 0 unspecified atom stereocenters. The quantitative estimate of drug-likeness (QED) is 0.709. The van der Waals surface area contributed by atoms with Crippen LogP contribution in [0.3, 0.4) is 0 Å². The number of primary amides is 1. The Morgan fingerprint density at radius 1 is 1.33 bits per heavy atom. The van der Waals surface area contributed by atoms with E-state index in [4.69, 9.17) is 5.73 Å². The van der Waals surface area contributed by atoms with Gasteiger partial charge in [0.15, 0.2) is 5.16 Å². The number of rotatable bonds is 9. The van der Waals surface area contributed by atoms with Crippen LogP contribution in [0, 0.1) is 0 Å². The number of aromatic nitrogens is 3. The molecule has 1 aromatic carbocycles. The molecule has 6 heteroatoms. The maximum Gasteiger partial charge on any atom is 0.219 e. The smallest absolute Gasteiger partial charge is 0.219 e. The molecule has 1 atom stereocenters. The van der Waals surface area contributed by atoms with Gasteiger partial charge in [0.05, 0.1) is 0 Å². The summed E-state index contributed by atoms with van der Waals surface area (Å²) in [5, 5.41) is 10.1. The van der Waals surface area contributed by atoms with Crippen molar-refractivity contribution in [2.75, 3.05) is 0 Å². The van der Waals surface area contributed by atoms with Gasteiger partial charge in [0.25, 0.3) is 0 Å². The molecular formula is C18H24N4OS. The molecule has 1 fully saturated rings. The standard InChI is InChI=1S/C18H24N4OS/c1-13(7-8-14-5-3-2-4-6-14)24-18-21-20-17(15-9-10-15)22(18)12-11-16(19)23/h2-6,13,15H,7-12H2,1H3,(H2,19,23)/t13-/m0/s1. The van der Waals surface area contributed by atoms with Gasteiger partial charge in [0.1, 0.15) is 5.82 Å². The molecule has 1 aromatic heterocycles. The Balaban J connectivity index is 1.61. The van der Waals surface area contributed by atoms with Crippen LogP contribution in [0.15, 0.2) is 35.5 Å². The first-order valence-corrected chi connectivity index (χ1v) is 9.43. The van der Waals surface area contributed by atoms with Gasteiger partial charge >= 0.3 is 0 Å². The maximum atomic E-state index is 11.1. The number of benzene rings is 1. The highest BCUT2D eigenvalue weighted by molar-refractivity contribution is 7.99. The van der Waals surface area contributed by atoms with Crippen molar-refractivity contribution in [3.05, 3.63) is 41.7 Å². The maximum absolute atomic E-state index is 11.1. The first-order chi connectivity index (χ1) is 11.6. The second kappa shape index (κ2) is 7.83. The molecule has 0 aliphatic heterocycles. The van der Waals surface area contributed by atoms with E-state index < -0.39 is 0 Å². The van der Waals surface area contributed by atoms with Gasteiger partial charge in [-0.15, -0.1) is 10.2 Å². The Hall–Kier alpha value is -1.82. The van der Waals surface area contributed by atoms with E-state index >= 15 is 0 Å². The Kier molecular flexibility index (Phi) is 5.56. The van der Waals surface area contributed by atoms with E-state index in [1.165, 1.54) is 18.4 Å². The Morgan fingerprint density at radius 2 is 2.08 bits per heavy atom. The van der Waals surface area contributed by atoms with E-state index in [1.807, 2.05) is 6.07 Å². The summed E-state index contributed by atoms with van der Waals surface area (Å²) in [4.78, 5) is 11.1. The van der Waals surface area contributed by atoms with Gasteiger partial charge < -0.3 is 10.3 Å². The average molecular weight is 344 g/mol. The van der Waals surface area contributed by atoms with Crippen molar-refractivity contribution >= 4 is 17.7 Å². The number of carbonyl (C=O) groups is 1. The number of nitrogens with two attached hydrogens (primary N) is 1. The molecule has 2 N–H and O–H groups in total. The van der Waals surface area contributed by atoms with E-state index in [-0.39, 0.29) is 5.91 Å². The first-order valence-electron chi connectivity index (χ1n) is 8.55. The van der Waals surface area contributed by atoms with Crippen molar-refractivity contribution in [1.82, 2.24) is 14.8 Å². The summed E-state index contributed by atoms with van der Waals surface area (Å²) < 4.78 is 2.10. The van der Waals surface area contributed by atoms with Crippen molar-refractivity contribution in [3.8, 4) is 0 Å². The zero-order valence-corrected chi connectivity index (χ0v) is 14.8. The Morgan fingerprint density at radius 3 is 2.75 bits per heavy atom. The van der Waals surface area contributed by atoms with Crippen LogP contribution >= 0.6 is 11.8 Å². The summed E-state index contributed by atoms with van der Waals surface area (Å²) in [5.74, 6) is 1.26. The Bertz CT molecular complexity index is 682. The SMILES string of the molecule is C[C@@H](CCc1ccccc1)Sc1nnc(C2CC2)n1CCC(N)=O. The number of thioether (sulfide) groups is 1. The largest absolute Gasteiger partial charge is 0.370 e. The second-order valence-corrected chi connectivity index (χ2v) is 7.84. The third kappa shape index (κ3) is 4.60. The molecule has 0 saturated heterocycles. The van der Waals surface area contributed by atoms with Gasteiger partial charge in [-0.3, -0.25) is 4.79 Å². The van der Waals surface area contributed by atoms with Crippen LogP contribution in [0.4, 0.5) is 0 Å². The molecule has 1 amide bonds. The lowest BCUT2D eigenvalue weighted by Gasteiger charge is -2.13. The van der Waals surface area contributed by atoms with Crippen LogP contribution in [0.25, 0.3) is 0 Å². The van der Waals surface area contributed by atoms with Crippen LogP contribution in [-0.4, -0.2) is 25.9 Å². The second-order valence-electron chi connectivity index (χ2n) is 6.44. The van der Waals surface area contributed by atoms with Crippen molar-refractivity contribution in [2.45, 2.75) is 61.9 Å². The van der Waals surface area contributed by atoms with E-state index in [9.17, 15) is 4.79 Å². The lowest BCUT2D eigenvalue weighted by atomic mass is 10.1. The summed E-state index contributed by atoms with van der Waals surface area (Å²) >= 11 is 1.74. The van der Waals surface area contributed by atoms with E-state index in [0.717, 1.165) is 23.8 Å². The fourth-order valence-electron chi connectivity index (χ4n) is 2.72. The van der Waals surface area contributed by atoms with E-state index in [0.29, 0.717) is 24.1 Å². The minimum atomic E-state index is -0.279. The fraction of sp³-hybridized carbons (Fsp3) is 0.500. The van der Waals surface area contributed by atoms with Gasteiger partial charge in [-0.05, 0) is 31.2 Å². The molecule has 128 valence electrons. The van der Waals surface area contributed by atoms with Crippen LogP contribution in [0.5, 0.6) is 0 Å². The van der Waals surface area contributed by atoms with Crippen molar-refractivity contribution in [2.24, 2.45) is 5.73 Å². The molecule has 24 heavy (non-hydrogen) atoms. The molecule has 5 nitrogen and oxygen atoms in total. The van der Waals surface area contributed by atoms with Crippen molar-refractivity contribution in [1.29, 1.82) is 0 Å². The number of carbonyl (C=O) groups excluding carboxylic acids is 1. The molecule has 0 spiro atoms. The summed E-state index contributed by atoms with van der Waals surface area (Å²) in [7, 11) is 0. The molecule has 3 rings (SSSR count). The number of nitrogens with zero attached hydrogens (tertiary/aromatic N) is 3. The van der Waals surface area contributed by atoms with Crippen LogP contribution in [-0.2, 0) is 17.8 Å². The molecule has 1 heterocycles. The van der Waals surface area contributed by atoms with E-state index in [1.54, 1.807) is 11.8 Å². The third-order valence-corrected chi connectivity index (χ3v) is 5.41. The zero-order chi connectivity index (χ0) is 16.9. The van der Waals surface area contributed by atoms with Gasteiger partial charge in [-0.1, -0.05) is 49.0 Å². The number of hydrogen-bond acceptors (Lipinski definition) is 4. The number of amides is 1. The highest BCUT2D eigenvalue weighted by atomic mass is 32.2. The van der Waals surface area contributed by atoms with Gasteiger partial charge in [-0.2, -0.15) is 0 Å². The van der Waals surface area contributed by atoms with Crippen molar-refractivity contribution < 1.29 is 4.79 Å². The minimum Gasteiger partial charge on any atom is -0.370 e. The summed E-state index contributed by atoms with van der Waals surface area (Å²) in [6, 6.07) is 10.5. The first kappa shape index (κ1) is 17.0. The molecule has 1 aliphatic carbocycles. The normalized spacial score (nSPS) is 15.4. The topological polar surface area (TPSA) is 73.8 Å². The molecular weight excluding hydrogens is 320 g/mol. The van der Waals surface area contributed by atoms with Gasteiger partial charge in [-0.25, -0.2) is 0 Å². The van der Waals surface area contributed by atoms with Crippen LogP contribution in [0.2, 0.25) is 0 Å². The minimum absolute atomic E-state index is 0.279. The molecule has 2 aromatic rings. The third-order valence-electron chi connectivity index (χ3n) is 4.26. The predicted molar refractivity (Wildman–Crippen MR) is 95.9 cm³/mol. The fourth-order valence-corrected chi connectivity index (χ4v) is 3.71. The van der Waals surface area contributed by atoms with Crippen LogP contribution < -0.4 is 5.73 Å². The Labute approximate surface area is 147 Å². The highest BCUT2D eigenvalue weighted by Crippen LogP contribution is 2.40. The number of aryl methyl sites for hydroxylation is 1. The molecule has 0 radical (unpaired) electrons. The summed E-state index contributed by atoms with van der Waals surface area (Å²) in [6.45, 7) is 2.80. The van der Waals surface area contributed by atoms with Crippen LogP contribution in [0.1, 0.15) is 49.9 Å².